The van der Waals surface area contributed by atoms with E-state index in [9.17, 15) is 19.2 Å². The maximum Gasteiger partial charge on any atom is 0.303 e. The molecule has 1 aliphatic rings. The van der Waals surface area contributed by atoms with Gasteiger partial charge in [-0.1, -0.05) is 79.2 Å². The maximum absolute atomic E-state index is 13.0. The van der Waals surface area contributed by atoms with E-state index >= 15 is 0 Å². The SMILES string of the molecule is Cc1ccc(C[C@H](NC(=O)C(CCC(=O)O)NC(=O)CCc2ccc(C3=CCC(C)C=C3)cc2)C(N)=O)cc1. The number of hydrogen-bond donors (Lipinski definition) is 4. The van der Waals surface area contributed by atoms with Gasteiger partial charge in [0.25, 0.3) is 0 Å². The van der Waals surface area contributed by atoms with E-state index in [2.05, 4.69) is 35.8 Å². The standard InChI is InChI=1S/C31H37N3O5/c1-20-3-7-23(8-4-20)19-27(30(32)38)34-31(39)26(16-18-29(36)37)33-28(35)17-11-22-9-14-25(15-10-22)24-12-5-21(2)6-13-24/h3-5,7-10,12-15,21,26-27H,6,11,16-19H2,1-2H3,(H2,32,38)(H,33,35)(H,34,39)(H,36,37)/t21?,26?,27-/m0/s1. The van der Waals surface area contributed by atoms with Gasteiger partial charge in [0.1, 0.15) is 12.1 Å². The van der Waals surface area contributed by atoms with E-state index in [0.717, 1.165) is 28.7 Å². The van der Waals surface area contributed by atoms with E-state index in [1.165, 1.54) is 5.57 Å². The number of carbonyl (C=O) groups is 4. The number of carbonyl (C=O) groups excluding carboxylic acids is 3. The summed E-state index contributed by atoms with van der Waals surface area (Å²) < 4.78 is 0. The maximum atomic E-state index is 13.0. The lowest BCUT2D eigenvalue weighted by Gasteiger charge is -2.22. The quantitative estimate of drug-likeness (QED) is 0.314. The normalized spacial score (nSPS) is 16.1. The minimum absolute atomic E-state index is 0.112. The number of carboxylic acid groups (broad SMARTS) is 1. The molecule has 2 aromatic rings. The molecule has 1 aliphatic carbocycles. The number of carboxylic acids is 1. The van der Waals surface area contributed by atoms with E-state index in [1.807, 2.05) is 55.5 Å². The van der Waals surface area contributed by atoms with Crippen molar-refractivity contribution in [2.75, 3.05) is 0 Å². The summed E-state index contributed by atoms with van der Waals surface area (Å²) >= 11 is 0. The molecule has 0 fully saturated rings. The number of nitrogens with two attached hydrogens (primary N) is 1. The Morgan fingerprint density at radius 1 is 0.949 bits per heavy atom. The van der Waals surface area contributed by atoms with Crippen LogP contribution in [0.2, 0.25) is 0 Å². The van der Waals surface area contributed by atoms with Crippen LogP contribution >= 0.6 is 0 Å². The second kappa shape index (κ2) is 14.1. The first-order valence-electron chi connectivity index (χ1n) is 13.2. The smallest absolute Gasteiger partial charge is 0.303 e. The summed E-state index contributed by atoms with van der Waals surface area (Å²) in [5.74, 6) is -2.29. The first-order valence-corrected chi connectivity index (χ1v) is 13.2. The molecule has 0 spiro atoms. The molecule has 8 heteroatoms. The predicted molar refractivity (Wildman–Crippen MR) is 150 cm³/mol. The summed E-state index contributed by atoms with van der Waals surface area (Å²) in [5.41, 5.74) is 10.7. The zero-order valence-electron chi connectivity index (χ0n) is 22.5. The van der Waals surface area contributed by atoms with Gasteiger partial charge >= 0.3 is 5.97 Å². The summed E-state index contributed by atoms with van der Waals surface area (Å²) in [4.78, 5) is 48.9. The van der Waals surface area contributed by atoms with Gasteiger partial charge in [-0.15, -0.1) is 0 Å². The molecule has 0 bridgehead atoms. The molecule has 0 saturated heterocycles. The van der Waals surface area contributed by atoms with Gasteiger partial charge in [0, 0.05) is 19.3 Å². The Hall–Kier alpha value is -4.20. The highest BCUT2D eigenvalue weighted by molar-refractivity contribution is 5.92. The molecular weight excluding hydrogens is 494 g/mol. The van der Waals surface area contributed by atoms with Gasteiger partial charge in [0.2, 0.25) is 17.7 Å². The van der Waals surface area contributed by atoms with E-state index in [-0.39, 0.29) is 31.6 Å². The molecule has 0 radical (unpaired) electrons. The molecule has 5 N–H and O–H groups in total. The zero-order chi connectivity index (χ0) is 28.4. The lowest BCUT2D eigenvalue weighted by atomic mass is 9.93. The first-order chi connectivity index (χ1) is 18.6. The summed E-state index contributed by atoms with van der Waals surface area (Å²) in [5, 5.41) is 14.4. The van der Waals surface area contributed by atoms with Crippen LogP contribution in [0, 0.1) is 12.8 Å². The van der Waals surface area contributed by atoms with Crippen molar-refractivity contribution >= 4 is 29.3 Å². The third-order valence-electron chi connectivity index (χ3n) is 6.76. The zero-order valence-corrected chi connectivity index (χ0v) is 22.5. The Labute approximate surface area is 229 Å². The van der Waals surface area contributed by atoms with Gasteiger partial charge in [0.15, 0.2) is 0 Å². The van der Waals surface area contributed by atoms with Crippen LogP contribution in [0.25, 0.3) is 5.57 Å². The van der Waals surface area contributed by atoms with Gasteiger partial charge in [0.05, 0.1) is 0 Å². The van der Waals surface area contributed by atoms with Gasteiger partial charge in [-0.3, -0.25) is 19.2 Å². The first kappa shape index (κ1) is 29.4. The van der Waals surface area contributed by atoms with Crippen LogP contribution in [0.4, 0.5) is 0 Å². The molecule has 8 nitrogen and oxygen atoms in total. The molecule has 0 aliphatic heterocycles. The Bertz CT molecular complexity index is 1230. The number of aliphatic carboxylic acids is 1. The third kappa shape index (κ3) is 9.56. The number of hydrogen-bond acceptors (Lipinski definition) is 4. The monoisotopic (exact) mass is 531 g/mol. The van der Waals surface area contributed by atoms with Crippen molar-refractivity contribution in [3.8, 4) is 0 Å². The number of aryl methyl sites for hydroxylation is 2. The summed E-state index contributed by atoms with van der Waals surface area (Å²) in [6.07, 6.45) is 7.89. The molecule has 39 heavy (non-hydrogen) atoms. The van der Waals surface area contributed by atoms with Crippen LogP contribution in [0.5, 0.6) is 0 Å². The summed E-state index contributed by atoms with van der Waals surface area (Å²) in [6.45, 7) is 4.12. The van der Waals surface area contributed by atoms with Crippen molar-refractivity contribution < 1.29 is 24.3 Å². The van der Waals surface area contributed by atoms with Gasteiger partial charge in [-0.05, 0) is 54.4 Å². The number of nitrogens with one attached hydrogen (secondary N) is 2. The second-order valence-corrected chi connectivity index (χ2v) is 10.1. The number of allylic oxidation sites excluding steroid dienone is 4. The average Bonchev–Trinajstić information content (AvgIpc) is 2.91. The highest BCUT2D eigenvalue weighted by Gasteiger charge is 2.26. The Morgan fingerprint density at radius 2 is 1.62 bits per heavy atom. The minimum Gasteiger partial charge on any atom is -0.481 e. The second-order valence-electron chi connectivity index (χ2n) is 10.1. The largest absolute Gasteiger partial charge is 0.481 e. The molecule has 3 rings (SSSR count). The van der Waals surface area contributed by atoms with Crippen LogP contribution in [-0.4, -0.2) is 40.9 Å². The lowest BCUT2D eigenvalue weighted by Crippen LogP contribution is -2.53. The molecule has 3 atom stereocenters. The Kier molecular flexibility index (Phi) is 10.6. The molecule has 0 saturated carbocycles. The van der Waals surface area contributed by atoms with E-state index in [4.69, 9.17) is 10.8 Å². The van der Waals surface area contributed by atoms with E-state index in [1.54, 1.807) is 0 Å². The van der Waals surface area contributed by atoms with Gasteiger partial charge in [-0.25, -0.2) is 0 Å². The molecule has 0 heterocycles. The fraction of sp³-hybridized carbons (Fsp3) is 0.355. The van der Waals surface area contributed by atoms with Crippen molar-refractivity contribution in [1.82, 2.24) is 10.6 Å². The molecule has 3 amide bonds. The highest BCUT2D eigenvalue weighted by atomic mass is 16.4. The number of amides is 3. The third-order valence-corrected chi connectivity index (χ3v) is 6.76. The van der Waals surface area contributed by atoms with Crippen molar-refractivity contribution in [3.63, 3.8) is 0 Å². The number of benzene rings is 2. The predicted octanol–water partition coefficient (Wildman–Crippen LogP) is 3.47. The van der Waals surface area contributed by atoms with Crippen molar-refractivity contribution in [2.45, 2.75) is 64.5 Å². The van der Waals surface area contributed by atoms with E-state index in [0.29, 0.717) is 12.3 Å². The summed E-state index contributed by atoms with van der Waals surface area (Å²) in [6, 6.07) is 13.4. The Morgan fingerprint density at radius 3 is 2.21 bits per heavy atom. The van der Waals surface area contributed by atoms with Crippen LogP contribution in [0.3, 0.4) is 0 Å². The van der Waals surface area contributed by atoms with Crippen molar-refractivity contribution in [3.05, 3.63) is 89.0 Å². The number of primary amides is 1. The van der Waals surface area contributed by atoms with Crippen LogP contribution in [-0.2, 0) is 32.0 Å². The molecule has 0 aromatic heterocycles. The molecule has 2 aromatic carbocycles. The van der Waals surface area contributed by atoms with Gasteiger partial charge < -0.3 is 21.5 Å². The van der Waals surface area contributed by atoms with Crippen molar-refractivity contribution in [2.24, 2.45) is 11.7 Å². The topological polar surface area (TPSA) is 139 Å². The fourth-order valence-electron chi connectivity index (χ4n) is 4.32. The van der Waals surface area contributed by atoms with Gasteiger partial charge in [-0.2, -0.15) is 0 Å². The average molecular weight is 532 g/mol. The minimum atomic E-state index is -1.11. The molecule has 2 unspecified atom stereocenters. The van der Waals surface area contributed by atoms with E-state index < -0.39 is 29.9 Å². The molecular formula is C31H37N3O5. The highest BCUT2D eigenvalue weighted by Crippen LogP contribution is 2.24. The van der Waals surface area contributed by atoms with Crippen LogP contribution < -0.4 is 16.4 Å². The van der Waals surface area contributed by atoms with Crippen LogP contribution in [0.15, 0.2) is 66.8 Å². The summed E-state index contributed by atoms with van der Waals surface area (Å²) in [7, 11) is 0. The Balaban J connectivity index is 1.58. The fourth-order valence-corrected chi connectivity index (χ4v) is 4.32. The van der Waals surface area contributed by atoms with Crippen LogP contribution in [0.1, 0.15) is 54.9 Å². The van der Waals surface area contributed by atoms with Crippen molar-refractivity contribution in [1.29, 1.82) is 0 Å². The number of rotatable bonds is 13. The lowest BCUT2D eigenvalue weighted by molar-refractivity contribution is -0.138. The molecule has 206 valence electrons.